The molecule has 0 aromatic heterocycles. The van der Waals surface area contributed by atoms with Crippen molar-refractivity contribution in [2.45, 2.75) is 99.9 Å². The molecule has 0 aromatic rings. The monoisotopic (exact) mass is 472 g/mol. The molecule has 0 N–H and O–H groups in total. The molecule has 0 amide bonds. The molecule has 4 heteroatoms. The van der Waals surface area contributed by atoms with Crippen molar-refractivity contribution in [1.29, 1.82) is 0 Å². The third-order valence-corrected chi connectivity index (χ3v) is 12.4. The van der Waals surface area contributed by atoms with Crippen LogP contribution in [0.2, 0.25) is 0 Å². The Hall–Kier alpha value is 0.348. The van der Waals surface area contributed by atoms with Crippen molar-refractivity contribution in [1.82, 2.24) is 0 Å². The molecule has 0 radical (unpaired) electrons. The summed E-state index contributed by atoms with van der Waals surface area (Å²) in [4.78, 5) is 0. The van der Waals surface area contributed by atoms with Gasteiger partial charge in [-0.05, 0) is 0 Å². The molecular formula is C17H36O3W. The first-order valence-electron chi connectivity index (χ1n) is 7.57. The van der Waals surface area contributed by atoms with Gasteiger partial charge in [0, 0.05) is 0 Å². The molecular weight excluding hydrogens is 436 g/mol. The third-order valence-electron chi connectivity index (χ3n) is 1.51. The second-order valence-corrected chi connectivity index (χ2v) is 15.2. The summed E-state index contributed by atoms with van der Waals surface area (Å²) in [6.45, 7) is 24.7. The van der Waals surface area contributed by atoms with E-state index in [1.807, 2.05) is 62.3 Å². The van der Waals surface area contributed by atoms with Crippen molar-refractivity contribution in [3.63, 3.8) is 0 Å². The zero-order valence-corrected chi connectivity index (χ0v) is 19.1. The first-order valence-corrected chi connectivity index (χ1v) is 12.6. The maximum atomic E-state index is 6.41. The topological polar surface area (TPSA) is 27.7 Å². The summed E-state index contributed by atoms with van der Waals surface area (Å²) in [7, 11) is 0. The Balaban J connectivity index is 6.15. The van der Waals surface area contributed by atoms with Crippen LogP contribution in [0, 0.1) is 9.62 Å². The molecule has 0 spiro atoms. The van der Waals surface area contributed by atoms with E-state index in [-0.39, 0.29) is 22.2 Å². The molecule has 0 aliphatic carbocycles. The molecule has 0 aliphatic heterocycles. The zero-order chi connectivity index (χ0) is 17.3. The Kier molecular flexibility index (Phi) is 6.56. The van der Waals surface area contributed by atoms with Crippen LogP contribution in [0.1, 0.15) is 83.1 Å². The van der Waals surface area contributed by atoms with Gasteiger partial charge in [0.15, 0.2) is 0 Å². The molecule has 0 aromatic carbocycles. The van der Waals surface area contributed by atoms with Gasteiger partial charge in [0.2, 0.25) is 0 Å². The average Bonchev–Trinajstić information content (AvgIpc) is 1.83. The van der Waals surface area contributed by atoms with Gasteiger partial charge in [0.1, 0.15) is 0 Å². The Bertz CT molecular complexity index is 398. The summed E-state index contributed by atoms with van der Waals surface area (Å²) >= 11 is -3.97. The number of rotatable bonds is 0. The van der Waals surface area contributed by atoms with Crippen molar-refractivity contribution in [3.05, 3.63) is 0 Å². The Labute approximate surface area is 136 Å². The van der Waals surface area contributed by atoms with E-state index in [1.165, 1.54) is 0 Å². The van der Waals surface area contributed by atoms with Crippen LogP contribution in [0.15, 0.2) is 0 Å². The summed E-state index contributed by atoms with van der Waals surface area (Å²) in [5.41, 5.74) is -1.13. The fourth-order valence-electron chi connectivity index (χ4n) is 1.48. The van der Waals surface area contributed by atoms with E-state index in [0.717, 1.165) is 0 Å². The molecule has 0 saturated heterocycles. The van der Waals surface area contributed by atoms with Crippen LogP contribution in [-0.2, 0) is 26.7 Å². The molecule has 0 fully saturated rings. The Morgan fingerprint density at radius 3 is 0.905 bits per heavy atom. The molecule has 3 nitrogen and oxygen atoms in total. The summed E-state index contributed by atoms with van der Waals surface area (Å²) in [6.07, 6.45) is 0. The van der Waals surface area contributed by atoms with Gasteiger partial charge in [-0.15, -0.1) is 0 Å². The van der Waals surface area contributed by atoms with E-state index in [1.54, 1.807) is 0 Å². The Morgan fingerprint density at radius 2 is 0.762 bits per heavy atom. The molecule has 128 valence electrons. The standard InChI is InChI=1S/C5H9.3C4H9O.W/c1-5(2,3)4;3*1-4(2,3)5;/h4*1-3H3;/q;3*-1;+3. The predicted octanol–water partition coefficient (Wildman–Crippen LogP) is 5.34. The fourth-order valence-corrected chi connectivity index (χ4v) is 12.1. The molecule has 21 heavy (non-hydrogen) atoms. The summed E-state index contributed by atoms with van der Waals surface area (Å²) in [5.74, 6) is 0. The molecule has 0 bridgehead atoms. The van der Waals surface area contributed by atoms with Gasteiger partial charge in [0.25, 0.3) is 0 Å². The third kappa shape index (κ3) is 11.6. The first kappa shape index (κ1) is 21.3. The molecule has 0 unspecified atom stereocenters. The summed E-state index contributed by atoms with van der Waals surface area (Å²) in [5, 5.41) is 0. The molecule has 0 saturated carbocycles. The van der Waals surface area contributed by atoms with E-state index in [4.69, 9.17) is 10.2 Å². The van der Waals surface area contributed by atoms with Crippen LogP contribution >= 0.6 is 0 Å². The van der Waals surface area contributed by atoms with Gasteiger partial charge in [-0.3, -0.25) is 0 Å². The summed E-state index contributed by atoms with van der Waals surface area (Å²) < 4.78 is 22.8. The Morgan fingerprint density at radius 1 is 0.524 bits per heavy atom. The van der Waals surface area contributed by atoms with Crippen molar-refractivity contribution in [2.24, 2.45) is 5.41 Å². The number of hydrogen-bond acceptors (Lipinski definition) is 3. The SMILES string of the molecule is CC(C)(C)[C]#[W]([O]C(C)(C)C)([O]C(C)(C)C)[O]C(C)(C)C. The quantitative estimate of drug-likeness (QED) is 0.477. The fraction of sp³-hybridized carbons (Fsp3) is 0.941. The van der Waals surface area contributed by atoms with Crippen molar-refractivity contribution < 1.29 is 26.7 Å². The summed E-state index contributed by atoms with van der Waals surface area (Å²) in [6, 6.07) is 0. The van der Waals surface area contributed by atoms with Crippen LogP contribution in [-0.4, -0.2) is 16.8 Å². The normalized spacial score (nSPS) is 15.0. The van der Waals surface area contributed by atoms with E-state index < -0.39 is 16.5 Å². The van der Waals surface area contributed by atoms with Crippen LogP contribution in [0.4, 0.5) is 0 Å². The van der Waals surface area contributed by atoms with Crippen molar-refractivity contribution >= 4 is 0 Å². The van der Waals surface area contributed by atoms with Gasteiger partial charge in [-0.25, -0.2) is 0 Å². The van der Waals surface area contributed by atoms with Crippen LogP contribution in [0.3, 0.4) is 0 Å². The van der Waals surface area contributed by atoms with E-state index in [9.17, 15) is 0 Å². The minimum absolute atomic E-state index is 0.142. The van der Waals surface area contributed by atoms with Gasteiger partial charge >= 0.3 is 136 Å². The molecule has 0 heterocycles. The second-order valence-electron chi connectivity index (χ2n) is 9.39. The van der Waals surface area contributed by atoms with Gasteiger partial charge in [-0.1, -0.05) is 0 Å². The van der Waals surface area contributed by atoms with Crippen LogP contribution in [0.5, 0.6) is 0 Å². The molecule has 0 aliphatic rings. The zero-order valence-electron chi connectivity index (χ0n) is 16.1. The van der Waals surface area contributed by atoms with Gasteiger partial charge < -0.3 is 0 Å². The van der Waals surface area contributed by atoms with Gasteiger partial charge in [0.05, 0.1) is 0 Å². The average molecular weight is 472 g/mol. The van der Waals surface area contributed by atoms with Crippen molar-refractivity contribution in [3.8, 4) is 4.20 Å². The van der Waals surface area contributed by atoms with E-state index in [2.05, 4.69) is 25.0 Å². The maximum absolute atomic E-state index is 6.41. The second kappa shape index (κ2) is 6.46. The van der Waals surface area contributed by atoms with Crippen LogP contribution in [0.25, 0.3) is 0 Å². The minimum atomic E-state index is -3.97. The van der Waals surface area contributed by atoms with E-state index in [0.29, 0.717) is 0 Å². The predicted molar refractivity (Wildman–Crippen MR) is 85.9 cm³/mol. The molecule has 0 atom stereocenters. The van der Waals surface area contributed by atoms with E-state index >= 15 is 0 Å². The molecule has 0 rings (SSSR count). The van der Waals surface area contributed by atoms with Crippen molar-refractivity contribution in [2.75, 3.05) is 0 Å². The number of hydrogen-bond donors (Lipinski definition) is 0. The first-order chi connectivity index (χ1) is 8.83. The van der Waals surface area contributed by atoms with Gasteiger partial charge in [-0.2, -0.15) is 0 Å². The van der Waals surface area contributed by atoms with Crippen LogP contribution < -0.4 is 0 Å².